The van der Waals surface area contributed by atoms with Gasteiger partial charge in [-0.2, -0.15) is 4.31 Å². The Kier molecular flexibility index (Phi) is 5.23. The van der Waals surface area contributed by atoms with Crippen LogP contribution >= 0.6 is 0 Å². The lowest BCUT2D eigenvalue weighted by Gasteiger charge is -2.37. The Morgan fingerprint density at radius 2 is 2.17 bits per heavy atom. The van der Waals surface area contributed by atoms with Crippen molar-refractivity contribution in [2.75, 3.05) is 20.2 Å². The average molecular weight is 343 g/mol. The number of methoxy groups -OCH3 is 1. The molecule has 2 N–H and O–H groups in total. The molecule has 0 radical (unpaired) electrons. The van der Waals surface area contributed by atoms with Crippen LogP contribution in [0.4, 0.5) is 5.69 Å². The second kappa shape index (κ2) is 6.81. The first-order valence-corrected chi connectivity index (χ1v) is 8.79. The zero-order valence-electron chi connectivity index (χ0n) is 13.1. The van der Waals surface area contributed by atoms with Crippen LogP contribution in [0.25, 0.3) is 0 Å². The summed E-state index contributed by atoms with van der Waals surface area (Å²) in [4.78, 5) is 10.2. The molecule has 0 spiro atoms. The Hall–Kier alpha value is -1.71. The molecule has 1 aliphatic heterocycles. The lowest BCUT2D eigenvalue weighted by Crippen LogP contribution is -2.49. The summed E-state index contributed by atoms with van der Waals surface area (Å²) in [7, 11) is -2.54. The summed E-state index contributed by atoms with van der Waals surface area (Å²) in [6.07, 6.45) is 1.45. The van der Waals surface area contributed by atoms with Crippen molar-refractivity contribution in [1.29, 1.82) is 0 Å². The van der Waals surface area contributed by atoms with E-state index in [1.54, 1.807) is 0 Å². The van der Waals surface area contributed by atoms with Gasteiger partial charge in [0.15, 0.2) is 0 Å². The van der Waals surface area contributed by atoms with E-state index in [4.69, 9.17) is 10.5 Å². The molecule has 128 valence electrons. The number of nitro benzene ring substituents is 1. The second-order valence-electron chi connectivity index (χ2n) is 5.73. The van der Waals surface area contributed by atoms with Crippen LogP contribution in [0.3, 0.4) is 0 Å². The SMILES string of the molecule is COc1cc([N+](=O)[O-])ccc1S(=O)(=O)N1CCC(C)CC1CN. The number of nitro groups is 1. The molecule has 1 aliphatic rings. The summed E-state index contributed by atoms with van der Waals surface area (Å²) in [5, 5.41) is 10.8. The highest BCUT2D eigenvalue weighted by Crippen LogP contribution is 2.34. The molecule has 9 heteroatoms. The summed E-state index contributed by atoms with van der Waals surface area (Å²) in [6.45, 7) is 2.68. The predicted molar refractivity (Wildman–Crippen MR) is 84.8 cm³/mol. The summed E-state index contributed by atoms with van der Waals surface area (Å²) < 4.78 is 32.3. The molecule has 0 aromatic heterocycles. The Morgan fingerprint density at radius 1 is 1.48 bits per heavy atom. The van der Waals surface area contributed by atoms with Gasteiger partial charge in [-0.3, -0.25) is 10.1 Å². The first-order valence-electron chi connectivity index (χ1n) is 7.35. The third kappa shape index (κ3) is 3.46. The highest BCUT2D eigenvalue weighted by Gasteiger charge is 2.36. The van der Waals surface area contributed by atoms with Gasteiger partial charge in [0, 0.05) is 25.2 Å². The van der Waals surface area contributed by atoms with E-state index in [9.17, 15) is 18.5 Å². The standard InChI is InChI=1S/C14H21N3O5S/c1-10-5-6-16(12(7-10)9-15)23(20,21)14-4-3-11(17(18)19)8-13(14)22-2/h3-4,8,10,12H,5-7,9,15H2,1-2H3. The monoisotopic (exact) mass is 343 g/mol. The maximum atomic E-state index is 12.9. The summed E-state index contributed by atoms with van der Waals surface area (Å²) in [5.74, 6) is 0.377. The van der Waals surface area contributed by atoms with Gasteiger partial charge in [-0.1, -0.05) is 6.92 Å². The zero-order chi connectivity index (χ0) is 17.2. The van der Waals surface area contributed by atoms with Crippen molar-refractivity contribution >= 4 is 15.7 Å². The number of nitrogens with two attached hydrogens (primary N) is 1. The van der Waals surface area contributed by atoms with E-state index in [1.807, 2.05) is 0 Å². The smallest absolute Gasteiger partial charge is 0.273 e. The van der Waals surface area contributed by atoms with Crippen molar-refractivity contribution in [3.63, 3.8) is 0 Å². The van der Waals surface area contributed by atoms with Gasteiger partial charge in [0.1, 0.15) is 10.6 Å². The molecule has 1 heterocycles. The lowest BCUT2D eigenvalue weighted by molar-refractivity contribution is -0.385. The van der Waals surface area contributed by atoms with Gasteiger partial charge >= 0.3 is 0 Å². The van der Waals surface area contributed by atoms with Gasteiger partial charge in [0.2, 0.25) is 10.0 Å². The Bertz CT molecular complexity index is 692. The normalized spacial score (nSPS) is 22.7. The van der Waals surface area contributed by atoms with Gasteiger partial charge in [0.05, 0.1) is 18.1 Å². The van der Waals surface area contributed by atoms with Crippen LogP contribution in [0, 0.1) is 16.0 Å². The maximum Gasteiger partial charge on any atom is 0.273 e. The fourth-order valence-corrected chi connectivity index (χ4v) is 4.67. The molecule has 2 atom stereocenters. The third-order valence-electron chi connectivity index (χ3n) is 4.14. The first-order chi connectivity index (χ1) is 10.8. The van der Waals surface area contributed by atoms with Gasteiger partial charge < -0.3 is 10.5 Å². The number of rotatable bonds is 5. The van der Waals surface area contributed by atoms with E-state index in [0.717, 1.165) is 12.5 Å². The van der Waals surface area contributed by atoms with Crippen molar-refractivity contribution in [3.05, 3.63) is 28.3 Å². The Labute approximate surface area is 135 Å². The molecular formula is C14H21N3O5S. The predicted octanol–water partition coefficient (Wildman–Crippen LogP) is 1.35. The summed E-state index contributed by atoms with van der Waals surface area (Å²) in [6, 6.07) is 3.23. The molecule has 1 saturated heterocycles. The Balaban J connectivity index is 2.44. The fourth-order valence-electron chi connectivity index (χ4n) is 2.87. The molecule has 1 aromatic rings. The van der Waals surface area contributed by atoms with Gasteiger partial charge in [-0.05, 0) is 24.8 Å². The molecule has 1 aromatic carbocycles. The first kappa shape index (κ1) is 17.6. The molecule has 23 heavy (non-hydrogen) atoms. The maximum absolute atomic E-state index is 12.9. The highest BCUT2D eigenvalue weighted by atomic mass is 32.2. The van der Waals surface area contributed by atoms with E-state index in [1.165, 1.54) is 23.5 Å². The fraction of sp³-hybridized carbons (Fsp3) is 0.571. The highest BCUT2D eigenvalue weighted by molar-refractivity contribution is 7.89. The van der Waals surface area contributed by atoms with Crippen molar-refractivity contribution < 1.29 is 18.1 Å². The quantitative estimate of drug-likeness (QED) is 0.637. The van der Waals surface area contributed by atoms with E-state index >= 15 is 0 Å². The molecule has 8 nitrogen and oxygen atoms in total. The van der Waals surface area contributed by atoms with Crippen LogP contribution < -0.4 is 10.5 Å². The largest absolute Gasteiger partial charge is 0.495 e. The van der Waals surface area contributed by atoms with Gasteiger partial charge in [-0.15, -0.1) is 0 Å². The van der Waals surface area contributed by atoms with E-state index in [-0.39, 0.29) is 28.9 Å². The molecule has 2 unspecified atom stereocenters. The lowest BCUT2D eigenvalue weighted by atomic mass is 9.94. The average Bonchev–Trinajstić information content (AvgIpc) is 2.53. The van der Waals surface area contributed by atoms with E-state index in [2.05, 4.69) is 6.92 Å². The van der Waals surface area contributed by atoms with Crippen molar-refractivity contribution in [2.24, 2.45) is 11.7 Å². The number of ether oxygens (including phenoxy) is 1. The van der Waals surface area contributed by atoms with Crippen LogP contribution in [-0.2, 0) is 10.0 Å². The second-order valence-corrected chi connectivity index (χ2v) is 7.59. The van der Waals surface area contributed by atoms with E-state index < -0.39 is 14.9 Å². The van der Waals surface area contributed by atoms with Crippen LogP contribution in [0.15, 0.2) is 23.1 Å². The number of sulfonamides is 1. The number of hydrogen-bond acceptors (Lipinski definition) is 6. The van der Waals surface area contributed by atoms with Crippen molar-refractivity contribution in [3.8, 4) is 5.75 Å². The number of nitrogens with zero attached hydrogens (tertiary/aromatic N) is 2. The molecule has 0 saturated carbocycles. The van der Waals surface area contributed by atoms with E-state index in [0.29, 0.717) is 18.9 Å². The van der Waals surface area contributed by atoms with Crippen molar-refractivity contribution in [1.82, 2.24) is 4.31 Å². The molecule has 1 fully saturated rings. The molecular weight excluding hydrogens is 322 g/mol. The number of benzene rings is 1. The van der Waals surface area contributed by atoms with Crippen molar-refractivity contribution in [2.45, 2.75) is 30.7 Å². The van der Waals surface area contributed by atoms with Crippen LogP contribution in [-0.4, -0.2) is 43.9 Å². The zero-order valence-corrected chi connectivity index (χ0v) is 14.0. The van der Waals surface area contributed by atoms with Crippen LogP contribution in [0.2, 0.25) is 0 Å². The number of piperidine rings is 1. The molecule has 0 aliphatic carbocycles. The van der Waals surface area contributed by atoms with Gasteiger partial charge in [-0.25, -0.2) is 8.42 Å². The minimum Gasteiger partial charge on any atom is -0.495 e. The van der Waals surface area contributed by atoms with Crippen LogP contribution in [0.1, 0.15) is 19.8 Å². The Morgan fingerprint density at radius 3 is 2.74 bits per heavy atom. The summed E-state index contributed by atoms with van der Waals surface area (Å²) >= 11 is 0. The number of non-ortho nitro benzene ring substituents is 1. The summed E-state index contributed by atoms with van der Waals surface area (Å²) in [5.41, 5.74) is 5.52. The molecule has 0 amide bonds. The third-order valence-corrected chi connectivity index (χ3v) is 6.13. The van der Waals surface area contributed by atoms with Gasteiger partial charge in [0.25, 0.3) is 5.69 Å². The minimum atomic E-state index is -3.83. The number of hydrogen-bond donors (Lipinski definition) is 1. The minimum absolute atomic E-state index is 0.0337. The molecule has 0 bridgehead atoms. The topological polar surface area (TPSA) is 116 Å². The molecule has 2 rings (SSSR count). The van der Waals surface area contributed by atoms with Crippen LogP contribution in [0.5, 0.6) is 5.75 Å².